The van der Waals surface area contributed by atoms with Crippen LogP contribution >= 0.6 is 0 Å². The molecule has 0 N–H and O–H groups in total. The molecule has 1 unspecified atom stereocenters. The van der Waals surface area contributed by atoms with Gasteiger partial charge in [0.1, 0.15) is 13.2 Å². The average molecular weight is 1120 g/mol. The summed E-state index contributed by atoms with van der Waals surface area (Å²) < 4.78 is 17.0. The Kier molecular flexibility index (Phi) is 65.7. The van der Waals surface area contributed by atoms with Crippen LogP contribution in [0, 0.1) is 0 Å². The SMILES string of the molecule is CC/C=C\C/C=C\C/C=C\C/C=C\CCCCCCCCCCCCCCCCC(=O)OCC(COC(=O)CCCCCCCCC/C=C\C/C=C\CCCCC)OC(=O)CCCCCCCCCCCCCCCCCCCC. The van der Waals surface area contributed by atoms with Gasteiger partial charge in [0.2, 0.25) is 0 Å². The van der Waals surface area contributed by atoms with Crippen LogP contribution < -0.4 is 0 Å². The van der Waals surface area contributed by atoms with Gasteiger partial charge in [0.25, 0.3) is 0 Å². The average Bonchev–Trinajstić information content (AvgIpc) is 3.46. The zero-order chi connectivity index (χ0) is 57.8. The molecule has 0 aromatic carbocycles. The molecule has 0 bridgehead atoms. The first-order valence-electron chi connectivity index (χ1n) is 34.9. The highest BCUT2D eigenvalue weighted by atomic mass is 16.6. The fraction of sp³-hybridized carbons (Fsp3) is 0.797. The molecular weight excluding hydrogens is 985 g/mol. The van der Waals surface area contributed by atoms with Gasteiger partial charge in [-0.15, -0.1) is 0 Å². The quantitative estimate of drug-likeness (QED) is 0.0261. The highest BCUT2D eigenvalue weighted by Gasteiger charge is 2.19. The summed E-state index contributed by atoms with van der Waals surface area (Å²) in [5, 5.41) is 0. The van der Waals surface area contributed by atoms with E-state index in [1.807, 2.05) is 0 Å². The van der Waals surface area contributed by atoms with E-state index >= 15 is 0 Å². The van der Waals surface area contributed by atoms with Gasteiger partial charge < -0.3 is 14.2 Å². The summed E-state index contributed by atoms with van der Waals surface area (Å²) in [6.45, 7) is 6.56. The van der Waals surface area contributed by atoms with Gasteiger partial charge in [-0.2, -0.15) is 0 Å². The largest absolute Gasteiger partial charge is 0.462 e. The molecule has 0 saturated heterocycles. The van der Waals surface area contributed by atoms with E-state index in [0.717, 1.165) is 96.3 Å². The van der Waals surface area contributed by atoms with Gasteiger partial charge in [-0.1, -0.05) is 325 Å². The number of allylic oxidation sites excluding steroid dienone is 12. The zero-order valence-electron chi connectivity index (χ0n) is 53.3. The smallest absolute Gasteiger partial charge is 0.306 e. The van der Waals surface area contributed by atoms with Crippen LogP contribution in [0.1, 0.15) is 361 Å². The van der Waals surface area contributed by atoms with Crippen LogP contribution in [0.25, 0.3) is 0 Å². The molecule has 0 radical (unpaired) electrons. The topological polar surface area (TPSA) is 78.9 Å². The third kappa shape index (κ3) is 65.7. The summed E-state index contributed by atoms with van der Waals surface area (Å²) in [5.74, 6) is -0.859. The maximum Gasteiger partial charge on any atom is 0.306 e. The van der Waals surface area contributed by atoms with Gasteiger partial charge in [-0.3, -0.25) is 14.4 Å². The van der Waals surface area contributed by atoms with Crippen molar-refractivity contribution in [1.29, 1.82) is 0 Å². The number of esters is 3. The lowest BCUT2D eigenvalue weighted by Gasteiger charge is -2.18. The second-order valence-electron chi connectivity index (χ2n) is 23.4. The van der Waals surface area contributed by atoms with Crippen LogP contribution in [0.3, 0.4) is 0 Å². The normalized spacial score (nSPS) is 12.5. The summed E-state index contributed by atoms with van der Waals surface area (Å²) in [7, 11) is 0. The Morgan fingerprint density at radius 1 is 0.263 bits per heavy atom. The van der Waals surface area contributed by atoms with Crippen LogP contribution in [0.2, 0.25) is 0 Å². The first kappa shape index (κ1) is 76.9. The number of hydrogen-bond acceptors (Lipinski definition) is 6. The zero-order valence-corrected chi connectivity index (χ0v) is 53.3. The Bertz CT molecular complexity index is 1470. The van der Waals surface area contributed by atoms with E-state index in [1.165, 1.54) is 225 Å². The Labute approximate surface area is 497 Å². The first-order chi connectivity index (χ1) is 39.5. The van der Waals surface area contributed by atoms with Crippen LogP contribution in [0.4, 0.5) is 0 Å². The van der Waals surface area contributed by atoms with Crippen molar-refractivity contribution in [2.75, 3.05) is 13.2 Å². The number of hydrogen-bond donors (Lipinski definition) is 0. The molecule has 0 amide bonds. The minimum atomic E-state index is -0.778. The Balaban J connectivity index is 4.29. The van der Waals surface area contributed by atoms with Crippen molar-refractivity contribution in [3.8, 4) is 0 Å². The molecule has 6 nitrogen and oxygen atoms in total. The third-order valence-corrected chi connectivity index (χ3v) is 15.4. The lowest BCUT2D eigenvalue weighted by atomic mass is 10.0. The lowest BCUT2D eigenvalue weighted by molar-refractivity contribution is -0.167. The highest BCUT2D eigenvalue weighted by molar-refractivity contribution is 5.71. The van der Waals surface area contributed by atoms with E-state index in [1.54, 1.807) is 0 Å². The molecule has 1 atom stereocenters. The molecule has 0 aliphatic heterocycles. The van der Waals surface area contributed by atoms with Crippen molar-refractivity contribution in [2.24, 2.45) is 0 Å². The molecular formula is C74H132O6. The van der Waals surface area contributed by atoms with Gasteiger partial charge >= 0.3 is 17.9 Å². The second kappa shape index (κ2) is 68.3. The number of unbranched alkanes of at least 4 members (excludes halogenated alkanes) is 41. The van der Waals surface area contributed by atoms with Gasteiger partial charge in [-0.05, 0) is 89.9 Å². The monoisotopic (exact) mass is 1120 g/mol. The Morgan fingerprint density at radius 2 is 0.487 bits per heavy atom. The number of carbonyl (C=O) groups excluding carboxylic acids is 3. The van der Waals surface area contributed by atoms with Crippen molar-refractivity contribution < 1.29 is 28.6 Å². The summed E-state index contributed by atoms with van der Waals surface area (Å²) in [5.41, 5.74) is 0. The molecule has 0 aliphatic rings. The Morgan fingerprint density at radius 3 is 0.787 bits per heavy atom. The second-order valence-corrected chi connectivity index (χ2v) is 23.4. The third-order valence-electron chi connectivity index (χ3n) is 15.4. The molecule has 0 saturated carbocycles. The first-order valence-corrected chi connectivity index (χ1v) is 34.9. The van der Waals surface area contributed by atoms with Crippen molar-refractivity contribution in [2.45, 2.75) is 367 Å². The molecule has 0 aliphatic carbocycles. The molecule has 0 spiro atoms. The maximum absolute atomic E-state index is 12.9. The molecule has 464 valence electrons. The molecule has 0 heterocycles. The van der Waals surface area contributed by atoms with Crippen molar-refractivity contribution in [3.05, 3.63) is 72.9 Å². The predicted octanol–water partition coefficient (Wildman–Crippen LogP) is 24.1. The van der Waals surface area contributed by atoms with Crippen LogP contribution in [-0.2, 0) is 28.6 Å². The van der Waals surface area contributed by atoms with Crippen molar-refractivity contribution in [1.82, 2.24) is 0 Å². The van der Waals surface area contributed by atoms with Crippen LogP contribution in [-0.4, -0.2) is 37.2 Å². The minimum absolute atomic E-state index is 0.0738. The minimum Gasteiger partial charge on any atom is -0.462 e. The molecule has 80 heavy (non-hydrogen) atoms. The van der Waals surface area contributed by atoms with E-state index in [0.29, 0.717) is 19.3 Å². The van der Waals surface area contributed by atoms with E-state index in [9.17, 15) is 14.4 Å². The Hall–Kier alpha value is -3.15. The van der Waals surface area contributed by atoms with Gasteiger partial charge in [0.05, 0.1) is 0 Å². The molecule has 0 rings (SSSR count). The van der Waals surface area contributed by atoms with Gasteiger partial charge in [0.15, 0.2) is 6.10 Å². The van der Waals surface area contributed by atoms with Crippen molar-refractivity contribution >= 4 is 17.9 Å². The fourth-order valence-corrected chi connectivity index (χ4v) is 10.2. The summed E-state index contributed by atoms with van der Waals surface area (Å²) in [4.78, 5) is 38.5. The molecule has 0 aromatic heterocycles. The molecule has 0 fully saturated rings. The fourth-order valence-electron chi connectivity index (χ4n) is 10.2. The van der Waals surface area contributed by atoms with Gasteiger partial charge in [-0.25, -0.2) is 0 Å². The van der Waals surface area contributed by atoms with E-state index < -0.39 is 6.10 Å². The molecule has 0 aromatic rings. The summed E-state index contributed by atoms with van der Waals surface area (Å²) >= 11 is 0. The summed E-state index contributed by atoms with van der Waals surface area (Å²) in [6.07, 6.45) is 89.2. The number of rotatable bonds is 64. The maximum atomic E-state index is 12.9. The lowest BCUT2D eigenvalue weighted by Crippen LogP contribution is -2.30. The van der Waals surface area contributed by atoms with E-state index in [2.05, 4.69) is 93.7 Å². The van der Waals surface area contributed by atoms with Crippen molar-refractivity contribution in [3.63, 3.8) is 0 Å². The number of carbonyl (C=O) groups is 3. The van der Waals surface area contributed by atoms with Crippen LogP contribution in [0.5, 0.6) is 0 Å². The number of ether oxygens (including phenoxy) is 3. The van der Waals surface area contributed by atoms with Crippen LogP contribution in [0.15, 0.2) is 72.9 Å². The predicted molar refractivity (Wildman–Crippen MR) is 348 cm³/mol. The van der Waals surface area contributed by atoms with E-state index in [4.69, 9.17) is 14.2 Å². The highest BCUT2D eigenvalue weighted by Crippen LogP contribution is 2.18. The van der Waals surface area contributed by atoms with E-state index in [-0.39, 0.29) is 31.1 Å². The molecule has 6 heteroatoms. The standard InChI is InChI=1S/C74H132O6/c1-4-7-10-13-16-19-22-25-28-31-33-34-35-36-37-38-39-40-41-44-46-49-52-55-58-61-64-67-73(76)79-70-71(69-78-72(75)66-63-60-57-54-51-48-45-42-30-27-24-21-18-15-12-9-6-3)80-74(77)68-65-62-59-56-53-50-47-43-32-29-26-23-20-17-14-11-8-5-2/h7,10,16,18-19,21,25,27-28,30,33-34,71H,4-6,8-9,11-15,17,20,22-24,26,29,31-32,35-70H2,1-3H3/b10-7-,19-16-,21-18-,28-25-,30-27-,34-33-. The van der Waals surface area contributed by atoms with Gasteiger partial charge in [0, 0.05) is 19.3 Å². The summed E-state index contributed by atoms with van der Waals surface area (Å²) in [6, 6.07) is 0.